The zero-order chi connectivity index (χ0) is 24.7. The van der Waals surface area contributed by atoms with Crippen LogP contribution in [0.25, 0.3) is 16.8 Å². The molecule has 0 N–H and O–H groups in total. The first kappa shape index (κ1) is 23.1. The Hall–Kier alpha value is -4.63. The van der Waals surface area contributed by atoms with Crippen molar-refractivity contribution in [2.24, 2.45) is 0 Å². The van der Waals surface area contributed by atoms with Crippen LogP contribution in [0.4, 0.5) is 17.1 Å². The highest BCUT2D eigenvalue weighted by Gasteiger charge is 2.11. The van der Waals surface area contributed by atoms with Crippen LogP contribution in [0.3, 0.4) is 0 Å². The van der Waals surface area contributed by atoms with Crippen molar-refractivity contribution in [2.45, 2.75) is 13.5 Å². The van der Waals surface area contributed by atoms with Crippen molar-refractivity contribution in [3.8, 4) is 0 Å². The fourth-order valence-corrected chi connectivity index (χ4v) is 4.26. The van der Waals surface area contributed by atoms with E-state index in [1.54, 1.807) is 6.26 Å². The molecule has 5 aromatic rings. The Morgan fingerprint density at radius 3 is 1.94 bits per heavy atom. The van der Waals surface area contributed by atoms with E-state index in [4.69, 9.17) is 4.74 Å². The van der Waals surface area contributed by atoms with E-state index in [1.807, 2.05) is 48.5 Å². The molecule has 0 unspecified atom stereocenters. The number of fused-ring (bicyclic) bond motifs is 1. The summed E-state index contributed by atoms with van der Waals surface area (Å²) in [6.07, 6.45) is 4.51. The molecule has 0 aliphatic heterocycles. The van der Waals surface area contributed by atoms with Crippen LogP contribution in [-0.4, -0.2) is 6.29 Å². The molecule has 36 heavy (non-hydrogen) atoms. The first-order valence-electron chi connectivity index (χ1n) is 12.0. The van der Waals surface area contributed by atoms with Gasteiger partial charge in [0.2, 0.25) is 0 Å². The van der Waals surface area contributed by atoms with Gasteiger partial charge in [-0.3, -0.25) is 4.79 Å². The first-order valence-corrected chi connectivity index (χ1v) is 12.0. The average Bonchev–Trinajstić information content (AvgIpc) is 2.93. The topological polar surface area (TPSA) is 29.5 Å². The number of ether oxygens (including phenoxy) is 1. The molecule has 0 bridgehead atoms. The fourth-order valence-electron chi connectivity index (χ4n) is 4.26. The highest BCUT2D eigenvalue weighted by molar-refractivity contribution is 5.90. The minimum Gasteiger partial charge on any atom is -0.496 e. The summed E-state index contributed by atoms with van der Waals surface area (Å²) in [6, 6.07) is 39.2. The number of anilines is 3. The van der Waals surface area contributed by atoms with E-state index in [0.29, 0.717) is 12.2 Å². The molecule has 5 rings (SSSR count). The number of aldehydes is 1. The van der Waals surface area contributed by atoms with E-state index in [1.165, 1.54) is 5.56 Å². The average molecular weight is 470 g/mol. The summed E-state index contributed by atoms with van der Waals surface area (Å²) in [6.45, 7) is 2.43. The lowest BCUT2D eigenvalue weighted by Gasteiger charge is -2.25. The SMILES string of the molecule is Cc1ccc(N(c2ccccc2)c2ccc(C=COCc3cc4ccccc4cc3C=O)cc2)cc1. The van der Waals surface area contributed by atoms with Gasteiger partial charge in [-0.15, -0.1) is 0 Å². The minimum absolute atomic E-state index is 0.336. The van der Waals surface area contributed by atoms with Crippen molar-refractivity contribution in [1.29, 1.82) is 0 Å². The molecular formula is C33H27NO2. The summed E-state index contributed by atoms with van der Waals surface area (Å²) in [7, 11) is 0. The Balaban J connectivity index is 1.31. The number of hydrogen-bond acceptors (Lipinski definition) is 3. The van der Waals surface area contributed by atoms with Crippen LogP contribution in [0.5, 0.6) is 0 Å². The van der Waals surface area contributed by atoms with Gasteiger partial charge >= 0.3 is 0 Å². The monoisotopic (exact) mass is 469 g/mol. The summed E-state index contributed by atoms with van der Waals surface area (Å²) >= 11 is 0. The largest absolute Gasteiger partial charge is 0.496 e. The molecule has 0 fully saturated rings. The predicted octanol–water partition coefficient (Wildman–Crippen LogP) is 8.62. The van der Waals surface area contributed by atoms with Gasteiger partial charge in [-0.05, 0) is 77.9 Å². The van der Waals surface area contributed by atoms with E-state index in [2.05, 4.69) is 84.6 Å². The van der Waals surface area contributed by atoms with Crippen molar-refractivity contribution in [2.75, 3.05) is 4.90 Å². The van der Waals surface area contributed by atoms with Gasteiger partial charge in [0.25, 0.3) is 0 Å². The number of rotatable bonds is 8. The number of aryl methyl sites for hydroxylation is 1. The van der Waals surface area contributed by atoms with E-state index in [0.717, 1.165) is 45.2 Å². The van der Waals surface area contributed by atoms with Crippen molar-refractivity contribution in [3.05, 3.63) is 144 Å². The molecule has 3 heteroatoms. The van der Waals surface area contributed by atoms with E-state index < -0.39 is 0 Å². The van der Waals surface area contributed by atoms with E-state index >= 15 is 0 Å². The van der Waals surface area contributed by atoms with Gasteiger partial charge in [0, 0.05) is 28.2 Å². The van der Waals surface area contributed by atoms with Crippen molar-refractivity contribution in [1.82, 2.24) is 0 Å². The normalized spacial score (nSPS) is 11.0. The molecule has 0 spiro atoms. The van der Waals surface area contributed by atoms with Gasteiger partial charge in [-0.2, -0.15) is 0 Å². The molecule has 0 heterocycles. The maximum absolute atomic E-state index is 11.6. The lowest BCUT2D eigenvalue weighted by molar-refractivity contribution is 0.112. The second kappa shape index (κ2) is 10.7. The van der Waals surface area contributed by atoms with Crippen molar-refractivity contribution < 1.29 is 9.53 Å². The minimum atomic E-state index is 0.336. The number of hydrogen-bond donors (Lipinski definition) is 0. The highest BCUT2D eigenvalue weighted by atomic mass is 16.5. The molecule has 0 saturated heterocycles. The number of nitrogens with zero attached hydrogens (tertiary/aromatic N) is 1. The number of benzene rings is 5. The standard InChI is InChI=1S/C33H27NO2/c1-25-11-15-32(16-12-25)34(31-9-3-2-4-10-31)33-17-13-26(14-18-33)19-20-36-24-30-22-28-8-6-5-7-27(28)21-29(30)23-35/h2-23H,24H2,1H3. The van der Waals surface area contributed by atoms with Gasteiger partial charge in [-0.1, -0.05) is 72.3 Å². The number of para-hydroxylation sites is 1. The second-order valence-electron chi connectivity index (χ2n) is 8.73. The zero-order valence-electron chi connectivity index (χ0n) is 20.2. The third kappa shape index (κ3) is 5.21. The van der Waals surface area contributed by atoms with Crippen LogP contribution in [0.2, 0.25) is 0 Å². The van der Waals surface area contributed by atoms with Crippen LogP contribution < -0.4 is 4.90 Å². The van der Waals surface area contributed by atoms with E-state index in [9.17, 15) is 4.79 Å². The summed E-state index contributed by atoms with van der Waals surface area (Å²) in [5, 5.41) is 2.15. The molecule has 0 amide bonds. The Kier molecular flexibility index (Phi) is 6.90. The van der Waals surface area contributed by atoms with Gasteiger partial charge < -0.3 is 9.64 Å². The van der Waals surface area contributed by atoms with Crippen LogP contribution in [0, 0.1) is 6.92 Å². The van der Waals surface area contributed by atoms with Crippen LogP contribution >= 0.6 is 0 Å². The van der Waals surface area contributed by atoms with Crippen molar-refractivity contribution in [3.63, 3.8) is 0 Å². The van der Waals surface area contributed by atoms with E-state index in [-0.39, 0.29) is 0 Å². The van der Waals surface area contributed by atoms with Crippen LogP contribution in [0.15, 0.2) is 122 Å². The Morgan fingerprint density at radius 1 is 0.694 bits per heavy atom. The second-order valence-corrected chi connectivity index (χ2v) is 8.73. The zero-order valence-corrected chi connectivity index (χ0v) is 20.2. The van der Waals surface area contributed by atoms with Crippen LogP contribution in [0.1, 0.15) is 27.0 Å². The molecule has 0 aromatic heterocycles. The summed E-state index contributed by atoms with van der Waals surface area (Å²) < 4.78 is 5.79. The van der Waals surface area contributed by atoms with Gasteiger partial charge in [-0.25, -0.2) is 0 Å². The lowest BCUT2D eigenvalue weighted by Crippen LogP contribution is -2.09. The first-order chi connectivity index (χ1) is 17.7. The Labute approximate surface area is 211 Å². The quantitative estimate of drug-likeness (QED) is 0.168. The lowest BCUT2D eigenvalue weighted by atomic mass is 10.0. The molecule has 0 aliphatic rings. The van der Waals surface area contributed by atoms with Crippen LogP contribution in [-0.2, 0) is 11.3 Å². The molecule has 0 saturated carbocycles. The van der Waals surface area contributed by atoms with Gasteiger partial charge in [0.05, 0.1) is 6.26 Å². The summed E-state index contributed by atoms with van der Waals surface area (Å²) in [4.78, 5) is 13.8. The Bertz CT molecular complexity index is 1490. The molecule has 0 aliphatic carbocycles. The highest BCUT2D eigenvalue weighted by Crippen LogP contribution is 2.34. The molecule has 5 aromatic carbocycles. The number of carbonyl (C=O) groups is 1. The summed E-state index contributed by atoms with van der Waals surface area (Å²) in [5.74, 6) is 0. The predicted molar refractivity (Wildman–Crippen MR) is 149 cm³/mol. The summed E-state index contributed by atoms with van der Waals surface area (Å²) in [5.41, 5.74) is 7.09. The fraction of sp³-hybridized carbons (Fsp3) is 0.0606. The number of carbonyl (C=O) groups excluding carboxylic acids is 1. The molecule has 0 atom stereocenters. The third-order valence-corrected chi connectivity index (χ3v) is 6.19. The molecule has 3 nitrogen and oxygen atoms in total. The maximum Gasteiger partial charge on any atom is 0.150 e. The van der Waals surface area contributed by atoms with Gasteiger partial charge in [0.1, 0.15) is 12.9 Å². The molecular weight excluding hydrogens is 442 g/mol. The maximum atomic E-state index is 11.6. The third-order valence-electron chi connectivity index (χ3n) is 6.19. The smallest absolute Gasteiger partial charge is 0.150 e. The molecule has 176 valence electrons. The molecule has 0 radical (unpaired) electrons. The van der Waals surface area contributed by atoms with Crippen molar-refractivity contribution >= 4 is 40.2 Å². The van der Waals surface area contributed by atoms with Gasteiger partial charge in [0.15, 0.2) is 0 Å². The Morgan fingerprint density at radius 2 is 1.28 bits per heavy atom.